The zero-order valence-electron chi connectivity index (χ0n) is 12.1. The number of aryl methyl sites for hydroxylation is 2. The second kappa shape index (κ2) is 6.41. The van der Waals surface area contributed by atoms with E-state index in [2.05, 4.69) is 42.3 Å². The van der Waals surface area contributed by atoms with Crippen molar-refractivity contribution in [1.29, 1.82) is 0 Å². The summed E-state index contributed by atoms with van der Waals surface area (Å²) in [6.45, 7) is 6.07. The van der Waals surface area contributed by atoms with E-state index in [-0.39, 0.29) is 11.2 Å². The first-order valence-corrected chi connectivity index (χ1v) is 8.55. The Hall–Kier alpha value is -1.33. The molecule has 0 aliphatic carbocycles. The fourth-order valence-corrected chi connectivity index (χ4v) is 2.67. The van der Waals surface area contributed by atoms with E-state index < -0.39 is 0 Å². The SMILES string of the molecule is CSC(C)C(=O)Nc1nc(-c2ccc(C)c(C)c2)cs1. The Kier molecular flexibility index (Phi) is 4.83. The molecule has 0 aliphatic rings. The summed E-state index contributed by atoms with van der Waals surface area (Å²) in [6, 6.07) is 6.28. The lowest BCUT2D eigenvalue weighted by atomic mass is 10.1. The lowest BCUT2D eigenvalue weighted by Gasteiger charge is -2.06. The van der Waals surface area contributed by atoms with Crippen LogP contribution in [0, 0.1) is 13.8 Å². The minimum atomic E-state index is -0.0658. The lowest BCUT2D eigenvalue weighted by Crippen LogP contribution is -2.21. The molecular formula is C15H18N2OS2. The van der Waals surface area contributed by atoms with E-state index in [4.69, 9.17) is 0 Å². The Labute approximate surface area is 127 Å². The topological polar surface area (TPSA) is 42.0 Å². The second-order valence-electron chi connectivity index (χ2n) is 4.70. The number of rotatable bonds is 4. The highest BCUT2D eigenvalue weighted by molar-refractivity contribution is 7.99. The summed E-state index contributed by atoms with van der Waals surface area (Å²) in [4.78, 5) is 16.3. The number of nitrogens with zero attached hydrogens (tertiary/aromatic N) is 1. The maximum Gasteiger partial charge on any atom is 0.238 e. The van der Waals surface area contributed by atoms with Crippen molar-refractivity contribution in [2.45, 2.75) is 26.0 Å². The molecule has 0 saturated heterocycles. The highest BCUT2D eigenvalue weighted by atomic mass is 32.2. The summed E-state index contributed by atoms with van der Waals surface area (Å²) in [5.74, 6) is -0.00140. The summed E-state index contributed by atoms with van der Waals surface area (Å²) >= 11 is 2.98. The highest BCUT2D eigenvalue weighted by Crippen LogP contribution is 2.26. The molecule has 20 heavy (non-hydrogen) atoms. The molecule has 0 fully saturated rings. The molecule has 1 N–H and O–H groups in total. The fraction of sp³-hybridized carbons (Fsp3) is 0.333. The molecule has 0 bridgehead atoms. The van der Waals surface area contributed by atoms with Crippen molar-refractivity contribution in [1.82, 2.24) is 4.98 Å². The van der Waals surface area contributed by atoms with E-state index in [1.165, 1.54) is 34.2 Å². The van der Waals surface area contributed by atoms with Gasteiger partial charge in [-0.25, -0.2) is 4.98 Å². The van der Waals surface area contributed by atoms with Crippen molar-refractivity contribution < 1.29 is 4.79 Å². The fourth-order valence-electron chi connectivity index (χ4n) is 1.68. The van der Waals surface area contributed by atoms with Crippen molar-refractivity contribution in [3.05, 3.63) is 34.7 Å². The summed E-state index contributed by atoms with van der Waals surface area (Å²) < 4.78 is 0. The normalized spacial score (nSPS) is 12.2. The summed E-state index contributed by atoms with van der Waals surface area (Å²) in [6.07, 6.45) is 1.92. The predicted octanol–water partition coefficient (Wildman–Crippen LogP) is 4.12. The lowest BCUT2D eigenvalue weighted by molar-refractivity contribution is -0.115. The van der Waals surface area contributed by atoms with Gasteiger partial charge >= 0.3 is 0 Å². The Bertz CT molecular complexity index is 622. The Morgan fingerprint density at radius 3 is 2.75 bits per heavy atom. The van der Waals surface area contributed by atoms with Crippen LogP contribution in [0.2, 0.25) is 0 Å². The number of amides is 1. The van der Waals surface area contributed by atoms with Gasteiger partial charge in [0.15, 0.2) is 5.13 Å². The second-order valence-corrected chi connectivity index (χ2v) is 6.74. The summed E-state index contributed by atoms with van der Waals surface area (Å²) in [7, 11) is 0. The van der Waals surface area contributed by atoms with Crippen LogP contribution < -0.4 is 5.32 Å². The summed E-state index contributed by atoms with van der Waals surface area (Å²) in [5, 5.41) is 5.42. The van der Waals surface area contributed by atoms with Gasteiger partial charge in [-0.05, 0) is 44.2 Å². The van der Waals surface area contributed by atoms with Gasteiger partial charge in [0.25, 0.3) is 0 Å². The van der Waals surface area contributed by atoms with E-state index in [0.717, 1.165) is 11.3 Å². The van der Waals surface area contributed by atoms with Crippen LogP contribution in [0.15, 0.2) is 23.6 Å². The molecule has 1 atom stereocenters. The Balaban J connectivity index is 2.16. The molecule has 0 aliphatic heterocycles. The molecule has 106 valence electrons. The smallest absolute Gasteiger partial charge is 0.238 e. The van der Waals surface area contributed by atoms with Crippen LogP contribution in [-0.2, 0) is 4.79 Å². The number of anilines is 1. The molecule has 0 radical (unpaired) electrons. The molecule has 0 spiro atoms. The molecule has 2 rings (SSSR count). The van der Waals surface area contributed by atoms with Gasteiger partial charge in [0, 0.05) is 10.9 Å². The van der Waals surface area contributed by atoms with Gasteiger partial charge in [-0.1, -0.05) is 12.1 Å². The van der Waals surface area contributed by atoms with Crippen molar-refractivity contribution >= 4 is 34.1 Å². The number of aromatic nitrogens is 1. The van der Waals surface area contributed by atoms with Crippen LogP contribution in [0.5, 0.6) is 0 Å². The number of carbonyl (C=O) groups is 1. The van der Waals surface area contributed by atoms with Crippen LogP contribution in [0.4, 0.5) is 5.13 Å². The number of benzene rings is 1. The molecule has 1 aromatic carbocycles. The molecule has 1 heterocycles. The van der Waals surface area contributed by atoms with E-state index in [0.29, 0.717) is 5.13 Å². The predicted molar refractivity (Wildman–Crippen MR) is 88.6 cm³/mol. The largest absolute Gasteiger partial charge is 0.301 e. The van der Waals surface area contributed by atoms with Gasteiger partial charge in [0.2, 0.25) is 5.91 Å². The summed E-state index contributed by atoms with van der Waals surface area (Å²) in [5.41, 5.74) is 4.51. The molecule has 5 heteroatoms. The molecule has 0 saturated carbocycles. The maximum atomic E-state index is 11.8. The first kappa shape index (κ1) is 15.1. The molecule has 3 nitrogen and oxygen atoms in total. The van der Waals surface area contributed by atoms with Gasteiger partial charge in [-0.2, -0.15) is 11.8 Å². The van der Waals surface area contributed by atoms with Crippen LogP contribution in [0.1, 0.15) is 18.1 Å². The molecule has 1 aromatic heterocycles. The van der Waals surface area contributed by atoms with Crippen molar-refractivity contribution in [3.63, 3.8) is 0 Å². The monoisotopic (exact) mass is 306 g/mol. The molecule has 1 unspecified atom stereocenters. The van der Waals surface area contributed by atoms with Gasteiger partial charge in [0.05, 0.1) is 10.9 Å². The molecular weight excluding hydrogens is 288 g/mol. The minimum absolute atomic E-state index is 0.00140. The number of hydrogen-bond acceptors (Lipinski definition) is 4. The van der Waals surface area contributed by atoms with Crippen LogP contribution in [-0.4, -0.2) is 22.4 Å². The number of thiazole rings is 1. The third-order valence-corrected chi connectivity index (χ3v) is 4.94. The highest BCUT2D eigenvalue weighted by Gasteiger charge is 2.13. The van der Waals surface area contributed by atoms with Crippen LogP contribution in [0.3, 0.4) is 0 Å². The third-order valence-electron chi connectivity index (χ3n) is 3.26. The molecule has 1 amide bonds. The minimum Gasteiger partial charge on any atom is -0.301 e. The maximum absolute atomic E-state index is 11.8. The standard InChI is InChI=1S/C15H18N2OS2/c1-9-5-6-12(7-10(9)2)13-8-20-15(16-13)17-14(18)11(3)19-4/h5-8,11H,1-4H3,(H,16,17,18). The Morgan fingerprint density at radius 2 is 2.10 bits per heavy atom. The van der Waals surface area contributed by atoms with E-state index in [1.54, 1.807) is 0 Å². The quantitative estimate of drug-likeness (QED) is 0.924. The number of nitrogens with one attached hydrogen (secondary N) is 1. The number of hydrogen-bond donors (Lipinski definition) is 1. The molecule has 2 aromatic rings. The first-order chi connectivity index (χ1) is 9.51. The van der Waals surface area contributed by atoms with Crippen molar-refractivity contribution in [2.24, 2.45) is 0 Å². The van der Waals surface area contributed by atoms with E-state index >= 15 is 0 Å². The zero-order valence-corrected chi connectivity index (χ0v) is 13.7. The number of thioether (sulfide) groups is 1. The van der Waals surface area contributed by atoms with Gasteiger partial charge in [0.1, 0.15) is 0 Å². The van der Waals surface area contributed by atoms with Gasteiger partial charge < -0.3 is 5.32 Å². The van der Waals surface area contributed by atoms with Gasteiger partial charge in [-0.3, -0.25) is 4.79 Å². The number of carbonyl (C=O) groups excluding carboxylic acids is 1. The van der Waals surface area contributed by atoms with Crippen LogP contribution >= 0.6 is 23.1 Å². The van der Waals surface area contributed by atoms with Crippen molar-refractivity contribution in [2.75, 3.05) is 11.6 Å². The van der Waals surface area contributed by atoms with E-state index in [9.17, 15) is 4.79 Å². The third kappa shape index (κ3) is 3.41. The Morgan fingerprint density at radius 1 is 1.35 bits per heavy atom. The first-order valence-electron chi connectivity index (χ1n) is 6.38. The van der Waals surface area contributed by atoms with Crippen molar-refractivity contribution in [3.8, 4) is 11.3 Å². The van der Waals surface area contributed by atoms with Gasteiger partial charge in [-0.15, -0.1) is 11.3 Å². The zero-order chi connectivity index (χ0) is 14.7. The average molecular weight is 306 g/mol. The van der Waals surface area contributed by atoms with E-state index in [1.807, 2.05) is 18.6 Å². The van der Waals surface area contributed by atoms with Crippen LogP contribution in [0.25, 0.3) is 11.3 Å². The average Bonchev–Trinajstić information content (AvgIpc) is 2.89.